The van der Waals surface area contributed by atoms with Crippen LogP contribution in [0.4, 0.5) is 4.39 Å². The molecule has 3 N–H and O–H groups in total. The largest absolute Gasteiger partial charge is 0.381 e. The van der Waals surface area contributed by atoms with Crippen molar-refractivity contribution in [2.75, 3.05) is 13.2 Å². The maximum absolute atomic E-state index is 13.1. The lowest BCUT2D eigenvalue weighted by Crippen LogP contribution is -2.37. The van der Waals surface area contributed by atoms with Crippen LogP contribution in [0.3, 0.4) is 0 Å². The summed E-state index contributed by atoms with van der Waals surface area (Å²) in [5, 5.41) is 0.125. The number of ether oxygens (including phenoxy) is 1. The maximum Gasteiger partial charge on any atom is 0.141 e. The van der Waals surface area contributed by atoms with Gasteiger partial charge in [0.05, 0.1) is 17.7 Å². The van der Waals surface area contributed by atoms with E-state index in [2.05, 4.69) is 5.43 Å². The molecule has 94 valence electrons. The molecule has 1 saturated heterocycles. The first-order valence-corrected chi connectivity index (χ1v) is 6.09. The second-order valence-corrected chi connectivity index (χ2v) is 4.70. The number of nitrogens with two attached hydrogens (primary N) is 1. The van der Waals surface area contributed by atoms with E-state index in [4.69, 9.17) is 22.2 Å². The van der Waals surface area contributed by atoms with Crippen molar-refractivity contribution in [2.45, 2.75) is 18.9 Å². The fourth-order valence-electron chi connectivity index (χ4n) is 2.24. The molecule has 5 heteroatoms. The van der Waals surface area contributed by atoms with E-state index in [9.17, 15) is 4.39 Å². The van der Waals surface area contributed by atoms with Crippen LogP contribution in [-0.2, 0) is 4.74 Å². The molecule has 1 aliphatic rings. The zero-order valence-electron chi connectivity index (χ0n) is 9.46. The van der Waals surface area contributed by atoms with Gasteiger partial charge in [-0.2, -0.15) is 0 Å². The van der Waals surface area contributed by atoms with Crippen molar-refractivity contribution in [3.8, 4) is 0 Å². The molecule has 2 atom stereocenters. The molecule has 2 rings (SSSR count). The molecule has 3 nitrogen and oxygen atoms in total. The van der Waals surface area contributed by atoms with Gasteiger partial charge in [-0.3, -0.25) is 11.3 Å². The molecule has 0 radical (unpaired) electrons. The number of hydrazine groups is 1. The van der Waals surface area contributed by atoms with Gasteiger partial charge in [0.25, 0.3) is 0 Å². The zero-order chi connectivity index (χ0) is 12.3. The molecule has 0 aromatic heterocycles. The Bertz CT molecular complexity index is 383. The number of benzene rings is 1. The molecule has 1 fully saturated rings. The first-order valence-electron chi connectivity index (χ1n) is 5.71. The molecule has 17 heavy (non-hydrogen) atoms. The topological polar surface area (TPSA) is 47.3 Å². The Morgan fingerprint density at radius 3 is 2.94 bits per heavy atom. The van der Waals surface area contributed by atoms with Crippen molar-refractivity contribution >= 4 is 11.6 Å². The Balaban J connectivity index is 2.18. The van der Waals surface area contributed by atoms with E-state index >= 15 is 0 Å². The SMILES string of the molecule is NNC(c1ccc(F)c(Cl)c1)C1CCCOC1. The third-order valence-electron chi connectivity index (χ3n) is 3.15. The van der Waals surface area contributed by atoms with Gasteiger partial charge in [-0.05, 0) is 30.5 Å². The Morgan fingerprint density at radius 2 is 2.35 bits per heavy atom. The standard InChI is InChI=1S/C12H16ClFN2O/c13-10-6-8(3-4-11(10)14)12(16-15)9-2-1-5-17-7-9/h3-4,6,9,12,16H,1-2,5,7,15H2. The van der Waals surface area contributed by atoms with Gasteiger partial charge in [-0.25, -0.2) is 4.39 Å². The van der Waals surface area contributed by atoms with Crippen LogP contribution in [0.25, 0.3) is 0 Å². The van der Waals surface area contributed by atoms with Crippen LogP contribution in [0, 0.1) is 11.7 Å². The van der Waals surface area contributed by atoms with Gasteiger partial charge in [0.15, 0.2) is 0 Å². The summed E-state index contributed by atoms with van der Waals surface area (Å²) in [7, 11) is 0. The Hall–Kier alpha value is -0.680. The highest BCUT2D eigenvalue weighted by Gasteiger charge is 2.25. The molecule has 0 amide bonds. The van der Waals surface area contributed by atoms with Gasteiger partial charge in [0.1, 0.15) is 5.82 Å². The number of halogens is 2. The third-order valence-corrected chi connectivity index (χ3v) is 3.44. The van der Waals surface area contributed by atoms with Crippen LogP contribution in [-0.4, -0.2) is 13.2 Å². The minimum Gasteiger partial charge on any atom is -0.381 e. The molecule has 0 spiro atoms. The van der Waals surface area contributed by atoms with Crippen LogP contribution in [0.1, 0.15) is 24.4 Å². The van der Waals surface area contributed by atoms with Gasteiger partial charge in [-0.15, -0.1) is 0 Å². The Labute approximate surface area is 105 Å². The van der Waals surface area contributed by atoms with Gasteiger partial charge in [-0.1, -0.05) is 17.7 Å². The van der Waals surface area contributed by atoms with E-state index in [0.29, 0.717) is 12.5 Å². The normalized spacial score (nSPS) is 22.4. The van der Waals surface area contributed by atoms with Gasteiger partial charge in [0, 0.05) is 12.5 Å². The minimum absolute atomic E-state index is 0.0478. The van der Waals surface area contributed by atoms with E-state index in [1.165, 1.54) is 6.07 Å². The molecule has 1 aromatic rings. The van der Waals surface area contributed by atoms with Crippen LogP contribution in [0.5, 0.6) is 0 Å². The van der Waals surface area contributed by atoms with Crippen molar-refractivity contribution in [1.29, 1.82) is 0 Å². The Kier molecular flexibility index (Phi) is 4.34. The van der Waals surface area contributed by atoms with E-state index in [-0.39, 0.29) is 11.1 Å². The van der Waals surface area contributed by atoms with Gasteiger partial charge in [0.2, 0.25) is 0 Å². The smallest absolute Gasteiger partial charge is 0.141 e. The molecule has 0 aliphatic carbocycles. The highest BCUT2D eigenvalue weighted by molar-refractivity contribution is 6.30. The second kappa shape index (κ2) is 5.78. The summed E-state index contributed by atoms with van der Waals surface area (Å²) in [5.41, 5.74) is 3.67. The van der Waals surface area contributed by atoms with Crippen molar-refractivity contribution < 1.29 is 9.13 Å². The van der Waals surface area contributed by atoms with Crippen molar-refractivity contribution in [1.82, 2.24) is 5.43 Å². The van der Waals surface area contributed by atoms with Crippen LogP contribution >= 0.6 is 11.6 Å². The van der Waals surface area contributed by atoms with E-state index in [1.807, 2.05) is 0 Å². The molecule has 1 heterocycles. The van der Waals surface area contributed by atoms with Crippen molar-refractivity contribution in [3.05, 3.63) is 34.6 Å². The lowest BCUT2D eigenvalue weighted by molar-refractivity contribution is 0.0390. The summed E-state index contributed by atoms with van der Waals surface area (Å²) in [4.78, 5) is 0. The van der Waals surface area contributed by atoms with Crippen molar-refractivity contribution in [2.24, 2.45) is 11.8 Å². The number of nitrogens with one attached hydrogen (secondary N) is 1. The molecule has 0 saturated carbocycles. The van der Waals surface area contributed by atoms with E-state index in [0.717, 1.165) is 25.0 Å². The predicted molar refractivity (Wildman–Crippen MR) is 65.0 cm³/mol. The summed E-state index contributed by atoms with van der Waals surface area (Å²) < 4.78 is 18.5. The lowest BCUT2D eigenvalue weighted by atomic mass is 9.89. The average Bonchev–Trinajstić information content (AvgIpc) is 2.36. The molecule has 1 aliphatic heterocycles. The van der Waals surface area contributed by atoms with Crippen LogP contribution in [0.15, 0.2) is 18.2 Å². The molecular formula is C12H16ClFN2O. The van der Waals surface area contributed by atoms with Gasteiger partial charge < -0.3 is 4.74 Å². The summed E-state index contributed by atoms with van der Waals surface area (Å²) in [5.74, 6) is 5.47. The van der Waals surface area contributed by atoms with Crippen LogP contribution in [0.2, 0.25) is 5.02 Å². The summed E-state index contributed by atoms with van der Waals surface area (Å²) in [6.45, 7) is 1.47. The quantitative estimate of drug-likeness (QED) is 0.647. The number of rotatable bonds is 3. The lowest BCUT2D eigenvalue weighted by Gasteiger charge is -2.30. The minimum atomic E-state index is -0.411. The molecule has 2 unspecified atom stereocenters. The average molecular weight is 259 g/mol. The summed E-state index contributed by atoms with van der Waals surface area (Å²) >= 11 is 5.78. The summed E-state index contributed by atoms with van der Waals surface area (Å²) in [6, 6.07) is 4.65. The monoisotopic (exact) mass is 258 g/mol. The first-order chi connectivity index (χ1) is 8.22. The zero-order valence-corrected chi connectivity index (χ0v) is 10.2. The van der Waals surface area contributed by atoms with E-state index in [1.54, 1.807) is 12.1 Å². The fourth-order valence-corrected chi connectivity index (χ4v) is 2.43. The number of hydrogen-bond donors (Lipinski definition) is 2. The second-order valence-electron chi connectivity index (χ2n) is 4.30. The highest BCUT2D eigenvalue weighted by Crippen LogP contribution is 2.30. The number of hydrogen-bond acceptors (Lipinski definition) is 3. The van der Waals surface area contributed by atoms with Crippen molar-refractivity contribution in [3.63, 3.8) is 0 Å². The first kappa shape index (κ1) is 12.8. The third kappa shape index (κ3) is 2.96. The fraction of sp³-hybridized carbons (Fsp3) is 0.500. The predicted octanol–water partition coefficient (Wildman–Crippen LogP) is 2.41. The molecular weight excluding hydrogens is 243 g/mol. The molecule has 1 aromatic carbocycles. The van der Waals surface area contributed by atoms with Crippen LogP contribution < -0.4 is 11.3 Å². The summed E-state index contributed by atoms with van der Waals surface area (Å²) in [6.07, 6.45) is 2.07. The van der Waals surface area contributed by atoms with E-state index < -0.39 is 5.82 Å². The molecule has 0 bridgehead atoms. The Morgan fingerprint density at radius 1 is 1.53 bits per heavy atom. The maximum atomic E-state index is 13.1. The highest BCUT2D eigenvalue weighted by atomic mass is 35.5. The van der Waals surface area contributed by atoms with Gasteiger partial charge >= 0.3 is 0 Å².